The Morgan fingerprint density at radius 1 is 1.10 bits per heavy atom. The Morgan fingerprint density at radius 3 is 2.55 bits per heavy atom. The average molecular weight is 424 g/mol. The minimum Gasteiger partial charge on any atom is -0.348 e. The molecule has 0 aliphatic heterocycles. The molecule has 158 valence electrons. The molecular weight excluding hydrogens is 406 g/mol. The van der Waals surface area contributed by atoms with Gasteiger partial charge in [-0.2, -0.15) is 0 Å². The molecule has 1 aromatic carbocycles. The predicted octanol–water partition coefficient (Wildman–Crippen LogP) is 1.52. The topological polar surface area (TPSA) is 86.0 Å². The Labute approximate surface area is 175 Å². The second kappa shape index (κ2) is 8.10. The van der Waals surface area contributed by atoms with Gasteiger partial charge < -0.3 is 5.32 Å². The molecule has 1 N–H and O–H groups in total. The zero-order chi connectivity index (χ0) is 22.1. The van der Waals surface area contributed by atoms with Crippen LogP contribution < -0.4 is 16.6 Å². The van der Waals surface area contributed by atoms with Gasteiger partial charge in [-0.3, -0.25) is 23.7 Å². The van der Waals surface area contributed by atoms with Crippen molar-refractivity contribution in [3.05, 3.63) is 103 Å². The highest BCUT2D eigenvalue weighted by Crippen LogP contribution is 2.21. The Morgan fingerprint density at radius 2 is 1.84 bits per heavy atom. The number of benzene rings is 1. The largest absolute Gasteiger partial charge is 0.348 e. The van der Waals surface area contributed by atoms with E-state index in [9.17, 15) is 23.2 Å². The molecule has 0 bridgehead atoms. The maximum absolute atomic E-state index is 13.5. The molecule has 31 heavy (non-hydrogen) atoms. The number of fused-ring (bicyclic) bond motifs is 1. The molecule has 9 heteroatoms. The van der Waals surface area contributed by atoms with Gasteiger partial charge in [0.2, 0.25) is 5.91 Å². The van der Waals surface area contributed by atoms with Crippen molar-refractivity contribution in [1.82, 2.24) is 19.4 Å². The van der Waals surface area contributed by atoms with Crippen LogP contribution in [0.15, 0.2) is 57.9 Å². The Hall–Kier alpha value is -3.88. The number of pyridine rings is 1. The minimum atomic E-state index is -1.06. The Balaban J connectivity index is 1.61. The molecule has 1 aliphatic carbocycles. The molecule has 7 nitrogen and oxygen atoms in total. The summed E-state index contributed by atoms with van der Waals surface area (Å²) in [6.45, 7) is 0.0851. The van der Waals surface area contributed by atoms with E-state index in [4.69, 9.17) is 0 Å². The van der Waals surface area contributed by atoms with Crippen LogP contribution in [0.1, 0.15) is 22.4 Å². The van der Waals surface area contributed by atoms with E-state index in [-0.39, 0.29) is 30.0 Å². The normalized spacial score (nSPS) is 12.4. The summed E-state index contributed by atoms with van der Waals surface area (Å²) in [6.07, 6.45) is 4.86. The van der Waals surface area contributed by atoms with Gasteiger partial charge in [-0.1, -0.05) is 6.07 Å². The molecule has 0 saturated carbocycles. The van der Waals surface area contributed by atoms with Crippen molar-refractivity contribution >= 4 is 12.0 Å². The van der Waals surface area contributed by atoms with Crippen LogP contribution >= 0.6 is 0 Å². The fourth-order valence-electron chi connectivity index (χ4n) is 3.50. The SMILES string of the molecule is Cn1c2c(c(=O)n(Cc3ccc(F)c(F)c3)c1=O)C=C(C(=O)NCc1ccncc1)C2. The molecule has 0 unspecified atom stereocenters. The van der Waals surface area contributed by atoms with Gasteiger partial charge in [0.25, 0.3) is 5.56 Å². The van der Waals surface area contributed by atoms with E-state index in [0.717, 1.165) is 22.3 Å². The van der Waals surface area contributed by atoms with Gasteiger partial charge >= 0.3 is 5.69 Å². The van der Waals surface area contributed by atoms with Crippen molar-refractivity contribution in [2.75, 3.05) is 0 Å². The number of carbonyl (C=O) groups excluding carboxylic acids is 1. The first-order valence-electron chi connectivity index (χ1n) is 9.49. The van der Waals surface area contributed by atoms with E-state index >= 15 is 0 Å². The van der Waals surface area contributed by atoms with Crippen molar-refractivity contribution in [3.8, 4) is 0 Å². The summed E-state index contributed by atoms with van der Waals surface area (Å²) in [5, 5.41) is 2.79. The Kier molecular flexibility index (Phi) is 5.33. The van der Waals surface area contributed by atoms with Gasteiger partial charge in [0, 0.05) is 43.7 Å². The average Bonchev–Trinajstić information content (AvgIpc) is 3.23. The monoisotopic (exact) mass is 424 g/mol. The first-order chi connectivity index (χ1) is 14.8. The number of hydrogen-bond acceptors (Lipinski definition) is 4. The maximum Gasteiger partial charge on any atom is 0.331 e. The van der Waals surface area contributed by atoms with Crippen LogP contribution in [0.2, 0.25) is 0 Å². The summed E-state index contributed by atoms with van der Waals surface area (Å²) in [6, 6.07) is 6.75. The maximum atomic E-state index is 13.5. The summed E-state index contributed by atoms with van der Waals surface area (Å²) < 4.78 is 28.9. The van der Waals surface area contributed by atoms with Gasteiger partial charge in [0.15, 0.2) is 11.6 Å². The third-order valence-corrected chi connectivity index (χ3v) is 5.20. The van der Waals surface area contributed by atoms with Crippen LogP contribution in [0.3, 0.4) is 0 Å². The molecule has 0 fully saturated rings. The third kappa shape index (κ3) is 3.94. The predicted molar refractivity (Wildman–Crippen MR) is 109 cm³/mol. The van der Waals surface area contributed by atoms with Gasteiger partial charge in [-0.25, -0.2) is 13.6 Å². The molecule has 3 aromatic rings. The lowest BCUT2D eigenvalue weighted by atomic mass is 10.2. The van der Waals surface area contributed by atoms with Gasteiger partial charge in [0.1, 0.15) is 0 Å². The van der Waals surface area contributed by atoms with E-state index in [1.165, 1.54) is 23.8 Å². The zero-order valence-corrected chi connectivity index (χ0v) is 16.6. The van der Waals surface area contributed by atoms with E-state index in [0.29, 0.717) is 17.8 Å². The molecule has 0 saturated heterocycles. The molecule has 1 aliphatic rings. The summed E-state index contributed by atoms with van der Waals surface area (Å²) in [7, 11) is 1.51. The molecule has 2 heterocycles. The van der Waals surface area contributed by atoms with Crippen molar-refractivity contribution in [3.63, 3.8) is 0 Å². The first-order valence-corrected chi connectivity index (χ1v) is 9.49. The summed E-state index contributed by atoms with van der Waals surface area (Å²) in [5.74, 6) is -2.41. The van der Waals surface area contributed by atoms with E-state index < -0.39 is 22.9 Å². The molecule has 0 spiro atoms. The summed E-state index contributed by atoms with van der Waals surface area (Å²) >= 11 is 0. The summed E-state index contributed by atoms with van der Waals surface area (Å²) in [5.41, 5.74) is 1.00. The lowest BCUT2D eigenvalue weighted by Gasteiger charge is -2.12. The molecule has 4 rings (SSSR count). The van der Waals surface area contributed by atoms with Gasteiger partial charge in [-0.15, -0.1) is 0 Å². The number of hydrogen-bond donors (Lipinski definition) is 1. The zero-order valence-electron chi connectivity index (χ0n) is 16.6. The van der Waals surface area contributed by atoms with Crippen LogP contribution in [-0.2, 0) is 31.4 Å². The quantitative estimate of drug-likeness (QED) is 0.673. The van der Waals surface area contributed by atoms with E-state index in [2.05, 4.69) is 10.3 Å². The van der Waals surface area contributed by atoms with Crippen molar-refractivity contribution in [1.29, 1.82) is 0 Å². The molecule has 0 radical (unpaired) electrons. The highest BCUT2D eigenvalue weighted by Gasteiger charge is 2.25. The minimum absolute atomic E-state index is 0.143. The van der Waals surface area contributed by atoms with Gasteiger partial charge in [-0.05, 0) is 41.5 Å². The van der Waals surface area contributed by atoms with Crippen molar-refractivity contribution in [2.24, 2.45) is 7.05 Å². The van der Waals surface area contributed by atoms with Crippen LogP contribution in [0.4, 0.5) is 8.78 Å². The van der Waals surface area contributed by atoms with Crippen LogP contribution in [-0.4, -0.2) is 20.0 Å². The number of halogens is 2. The number of rotatable bonds is 5. The number of aromatic nitrogens is 3. The van der Waals surface area contributed by atoms with Crippen LogP contribution in [0.25, 0.3) is 6.08 Å². The summed E-state index contributed by atoms with van der Waals surface area (Å²) in [4.78, 5) is 42.1. The van der Waals surface area contributed by atoms with E-state index in [1.54, 1.807) is 24.5 Å². The highest BCUT2D eigenvalue weighted by atomic mass is 19.2. The first kappa shape index (κ1) is 20.4. The molecule has 2 aromatic heterocycles. The van der Waals surface area contributed by atoms with Gasteiger partial charge in [0.05, 0.1) is 12.1 Å². The van der Waals surface area contributed by atoms with Crippen LogP contribution in [0.5, 0.6) is 0 Å². The third-order valence-electron chi connectivity index (χ3n) is 5.20. The second-order valence-corrected chi connectivity index (χ2v) is 7.23. The fourth-order valence-corrected chi connectivity index (χ4v) is 3.50. The van der Waals surface area contributed by atoms with Crippen molar-refractivity contribution < 1.29 is 13.6 Å². The second-order valence-electron chi connectivity index (χ2n) is 7.23. The van der Waals surface area contributed by atoms with Crippen molar-refractivity contribution in [2.45, 2.75) is 19.5 Å². The number of nitrogens with one attached hydrogen (secondary N) is 1. The number of carbonyl (C=O) groups is 1. The standard InChI is InChI=1S/C22H18F2N4O3/c1-27-19-10-15(20(29)26-11-13-4-6-25-7-5-13)9-16(19)21(30)28(22(27)31)12-14-2-3-17(23)18(24)8-14/h2-9H,10-12H2,1H3,(H,26,29). The molecule has 0 atom stereocenters. The van der Waals surface area contributed by atoms with Crippen LogP contribution in [0, 0.1) is 11.6 Å². The lowest BCUT2D eigenvalue weighted by Crippen LogP contribution is -2.41. The smallest absolute Gasteiger partial charge is 0.331 e. The number of nitrogens with zero attached hydrogens (tertiary/aromatic N) is 3. The highest BCUT2D eigenvalue weighted by molar-refractivity contribution is 6.00. The molecular formula is C22H18F2N4O3. The fraction of sp³-hybridized carbons (Fsp3) is 0.182. The number of amides is 1. The van der Waals surface area contributed by atoms with E-state index in [1.807, 2.05) is 0 Å². The lowest BCUT2D eigenvalue weighted by molar-refractivity contribution is -0.117. The Bertz CT molecular complexity index is 1330. The molecule has 1 amide bonds.